The van der Waals surface area contributed by atoms with E-state index in [9.17, 15) is 13.6 Å². The van der Waals surface area contributed by atoms with Crippen molar-refractivity contribution < 1.29 is 13.6 Å². The maximum Gasteiger partial charge on any atom is 0.251 e. The summed E-state index contributed by atoms with van der Waals surface area (Å²) in [6.07, 6.45) is 0.295. The van der Waals surface area contributed by atoms with E-state index in [4.69, 9.17) is 0 Å². The largest absolute Gasteiger partial charge is 0.326 e. The highest BCUT2D eigenvalue weighted by Gasteiger charge is 2.26. The summed E-state index contributed by atoms with van der Waals surface area (Å²) in [7, 11) is 0. The Bertz CT molecular complexity index is 669. The van der Waals surface area contributed by atoms with Crippen LogP contribution in [-0.4, -0.2) is 52.0 Å². The van der Waals surface area contributed by atoms with E-state index in [0.717, 1.165) is 5.56 Å². The molecule has 0 aliphatic carbocycles. The first-order valence-corrected chi connectivity index (χ1v) is 7.89. The number of carbonyl (C=O) groups excluding carboxylic acids is 1. The molecule has 128 valence electrons. The average molecular weight is 335 g/mol. The SMILES string of the molecule is O=C(Nc1cccc(-c2ncn[nH]2)c1)C1CCN(CC(F)F)CC1. The molecule has 24 heavy (non-hydrogen) atoms. The highest BCUT2D eigenvalue weighted by atomic mass is 19.3. The average Bonchev–Trinajstić information content (AvgIpc) is 3.10. The summed E-state index contributed by atoms with van der Waals surface area (Å²) in [5.74, 6) is 0.417. The van der Waals surface area contributed by atoms with E-state index in [1.807, 2.05) is 24.3 Å². The van der Waals surface area contributed by atoms with Gasteiger partial charge in [-0.25, -0.2) is 13.8 Å². The second kappa shape index (κ2) is 7.48. The third-order valence-corrected chi connectivity index (χ3v) is 4.17. The van der Waals surface area contributed by atoms with Gasteiger partial charge in [0.25, 0.3) is 6.43 Å². The number of rotatable bonds is 5. The molecule has 1 aromatic carbocycles. The van der Waals surface area contributed by atoms with E-state index in [1.165, 1.54) is 6.33 Å². The molecule has 0 spiro atoms. The molecule has 0 unspecified atom stereocenters. The molecule has 6 nitrogen and oxygen atoms in total. The van der Waals surface area contributed by atoms with Gasteiger partial charge in [0, 0.05) is 17.2 Å². The van der Waals surface area contributed by atoms with Crippen molar-refractivity contribution in [3.05, 3.63) is 30.6 Å². The Morgan fingerprint density at radius 3 is 2.83 bits per heavy atom. The molecule has 2 aromatic rings. The zero-order chi connectivity index (χ0) is 16.9. The van der Waals surface area contributed by atoms with Crippen molar-refractivity contribution >= 4 is 11.6 Å². The van der Waals surface area contributed by atoms with Crippen molar-refractivity contribution in [3.63, 3.8) is 0 Å². The fourth-order valence-corrected chi connectivity index (χ4v) is 2.91. The standard InChI is InChI=1S/C16H19F2N5O/c17-14(18)9-23-6-4-11(5-7-23)16(24)21-13-3-1-2-12(8-13)15-19-10-20-22-15/h1-3,8,10-11,14H,4-7,9H2,(H,21,24)(H,19,20,22). The lowest BCUT2D eigenvalue weighted by Crippen LogP contribution is -2.40. The molecule has 2 N–H and O–H groups in total. The van der Waals surface area contributed by atoms with E-state index in [1.54, 1.807) is 4.90 Å². The van der Waals surface area contributed by atoms with Gasteiger partial charge in [0.15, 0.2) is 5.82 Å². The molecule has 1 fully saturated rings. The van der Waals surface area contributed by atoms with E-state index in [2.05, 4.69) is 20.5 Å². The lowest BCUT2D eigenvalue weighted by molar-refractivity contribution is -0.121. The number of amides is 1. The summed E-state index contributed by atoms with van der Waals surface area (Å²) in [5, 5.41) is 9.49. The van der Waals surface area contributed by atoms with Gasteiger partial charge < -0.3 is 5.32 Å². The first kappa shape index (κ1) is 16.5. The molecule has 8 heteroatoms. The monoisotopic (exact) mass is 335 g/mol. The van der Waals surface area contributed by atoms with Crippen LogP contribution in [0.2, 0.25) is 0 Å². The number of likely N-dealkylation sites (tertiary alicyclic amines) is 1. The highest BCUT2D eigenvalue weighted by Crippen LogP contribution is 2.22. The molecule has 0 atom stereocenters. The van der Waals surface area contributed by atoms with Gasteiger partial charge in [0.2, 0.25) is 5.91 Å². The topological polar surface area (TPSA) is 73.9 Å². The predicted molar refractivity (Wildman–Crippen MR) is 85.6 cm³/mol. The lowest BCUT2D eigenvalue weighted by Gasteiger charge is -2.30. The van der Waals surface area contributed by atoms with Crippen LogP contribution in [0, 0.1) is 5.92 Å². The zero-order valence-corrected chi connectivity index (χ0v) is 13.1. The Morgan fingerprint density at radius 1 is 1.38 bits per heavy atom. The number of benzene rings is 1. The minimum absolute atomic E-state index is 0.0681. The van der Waals surface area contributed by atoms with Crippen molar-refractivity contribution in [2.45, 2.75) is 19.3 Å². The van der Waals surface area contributed by atoms with Crippen LogP contribution in [0.4, 0.5) is 14.5 Å². The molecule has 1 aliphatic rings. The number of alkyl halides is 2. The van der Waals surface area contributed by atoms with Gasteiger partial charge in [0.05, 0.1) is 6.54 Å². The maximum atomic E-state index is 12.4. The fraction of sp³-hybridized carbons (Fsp3) is 0.438. The quantitative estimate of drug-likeness (QED) is 0.880. The van der Waals surface area contributed by atoms with Gasteiger partial charge in [-0.1, -0.05) is 12.1 Å². The summed E-state index contributed by atoms with van der Waals surface area (Å²) in [4.78, 5) is 18.2. The van der Waals surface area contributed by atoms with Crippen LogP contribution >= 0.6 is 0 Å². The first-order valence-electron chi connectivity index (χ1n) is 7.89. The van der Waals surface area contributed by atoms with Crippen LogP contribution in [-0.2, 0) is 4.79 Å². The normalized spacial score (nSPS) is 16.5. The number of hydrogen-bond acceptors (Lipinski definition) is 4. The summed E-state index contributed by atoms with van der Waals surface area (Å²) in [5.41, 5.74) is 1.51. The molecule has 1 amide bonds. The number of aromatic amines is 1. The van der Waals surface area contributed by atoms with Crippen LogP contribution in [0.3, 0.4) is 0 Å². The minimum atomic E-state index is -2.32. The number of nitrogens with zero attached hydrogens (tertiary/aromatic N) is 3. The summed E-state index contributed by atoms with van der Waals surface area (Å²) < 4.78 is 24.8. The Morgan fingerprint density at radius 2 is 2.17 bits per heavy atom. The number of aromatic nitrogens is 3. The lowest BCUT2D eigenvalue weighted by atomic mass is 9.96. The molecule has 1 saturated heterocycles. The number of hydrogen-bond donors (Lipinski definition) is 2. The van der Waals surface area contributed by atoms with Crippen LogP contribution in [0.15, 0.2) is 30.6 Å². The second-order valence-electron chi connectivity index (χ2n) is 5.87. The summed E-state index contributed by atoms with van der Waals surface area (Å²) in [6.45, 7) is 0.842. The van der Waals surface area contributed by atoms with Crippen LogP contribution in [0.25, 0.3) is 11.4 Å². The second-order valence-corrected chi connectivity index (χ2v) is 5.87. The van der Waals surface area contributed by atoms with Gasteiger partial charge >= 0.3 is 0 Å². The number of halogens is 2. The molecule has 2 heterocycles. The van der Waals surface area contributed by atoms with E-state index in [0.29, 0.717) is 37.4 Å². The highest BCUT2D eigenvalue weighted by molar-refractivity contribution is 5.93. The van der Waals surface area contributed by atoms with Crippen molar-refractivity contribution in [1.29, 1.82) is 0 Å². The number of anilines is 1. The number of piperidine rings is 1. The number of nitrogens with one attached hydrogen (secondary N) is 2. The number of H-pyrrole nitrogens is 1. The van der Waals surface area contributed by atoms with Crippen LogP contribution < -0.4 is 5.32 Å². The van der Waals surface area contributed by atoms with E-state index in [-0.39, 0.29) is 18.4 Å². The summed E-state index contributed by atoms with van der Waals surface area (Å²) in [6, 6.07) is 7.34. The maximum absolute atomic E-state index is 12.4. The van der Waals surface area contributed by atoms with Crippen molar-refractivity contribution in [2.24, 2.45) is 5.92 Å². The van der Waals surface area contributed by atoms with Crippen molar-refractivity contribution in [3.8, 4) is 11.4 Å². The third kappa shape index (κ3) is 4.14. The van der Waals surface area contributed by atoms with Gasteiger partial charge in [-0.05, 0) is 38.1 Å². The molecular weight excluding hydrogens is 316 g/mol. The van der Waals surface area contributed by atoms with Gasteiger partial charge in [-0.15, -0.1) is 0 Å². The third-order valence-electron chi connectivity index (χ3n) is 4.17. The molecule has 3 rings (SSSR count). The van der Waals surface area contributed by atoms with E-state index < -0.39 is 6.43 Å². The molecule has 0 saturated carbocycles. The Kier molecular flexibility index (Phi) is 5.14. The zero-order valence-electron chi connectivity index (χ0n) is 13.1. The smallest absolute Gasteiger partial charge is 0.251 e. The Hall–Kier alpha value is -2.35. The molecular formula is C16H19F2N5O. The molecule has 1 aliphatic heterocycles. The van der Waals surface area contributed by atoms with E-state index >= 15 is 0 Å². The minimum Gasteiger partial charge on any atom is -0.326 e. The fourth-order valence-electron chi connectivity index (χ4n) is 2.91. The van der Waals surface area contributed by atoms with Crippen LogP contribution in [0.5, 0.6) is 0 Å². The Labute approximate surface area is 138 Å². The Balaban J connectivity index is 1.57. The van der Waals surface area contributed by atoms with Crippen molar-refractivity contribution in [2.75, 3.05) is 25.0 Å². The van der Waals surface area contributed by atoms with Gasteiger partial charge in [0.1, 0.15) is 6.33 Å². The molecule has 0 bridgehead atoms. The van der Waals surface area contributed by atoms with Gasteiger partial charge in [-0.3, -0.25) is 14.8 Å². The van der Waals surface area contributed by atoms with Crippen LogP contribution in [0.1, 0.15) is 12.8 Å². The number of carbonyl (C=O) groups is 1. The predicted octanol–water partition coefficient (Wildman–Crippen LogP) is 2.39. The summed E-state index contributed by atoms with van der Waals surface area (Å²) >= 11 is 0. The molecule has 1 aromatic heterocycles. The van der Waals surface area contributed by atoms with Gasteiger partial charge in [-0.2, -0.15) is 5.10 Å². The van der Waals surface area contributed by atoms with Crippen molar-refractivity contribution in [1.82, 2.24) is 20.1 Å². The molecule has 0 radical (unpaired) electrons. The first-order chi connectivity index (χ1) is 11.6.